The van der Waals surface area contributed by atoms with E-state index in [2.05, 4.69) is 10.3 Å². The Morgan fingerprint density at radius 2 is 1.95 bits per heavy atom. The van der Waals surface area contributed by atoms with Gasteiger partial charge in [0.25, 0.3) is 0 Å². The van der Waals surface area contributed by atoms with Gasteiger partial charge >= 0.3 is 6.18 Å². The summed E-state index contributed by atoms with van der Waals surface area (Å²) in [5, 5.41) is 2.72. The summed E-state index contributed by atoms with van der Waals surface area (Å²) in [6.07, 6.45) is -2.22. The normalized spacial score (nSPS) is 14.5. The van der Waals surface area contributed by atoms with Crippen LogP contribution in [0.15, 0.2) is 41.6 Å². The highest BCUT2D eigenvalue weighted by Gasteiger charge is 2.31. The van der Waals surface area contributed by atoms with Crippen LogP contribution in [0.1, 0.15) is 5.56 Å². The molecule has 0 unspecified atom stereocenters. The SMILES string of the molecule is O=C1CSc2cc(-c3cncc(C(F)(F)F)c3)ccc2N1. The van der Waals surface area contributed by atoms with E-state index in [1.807, 2.05) is 0 Å². The molecule has 3 nitrogen and oxygen atoms in total. The second-order valence-corrected chi connectivity index (χ2v) is 5.53. The molecule has 2 heterocycles. The topological polar surface area (TPSA) is 42.0 Å². The second kappa shape index (κ2) is 5.07. The van der Waals surface area contributed by atoms with E-state index in [4.69, 9.17) is 0 Å². The number of halogens is 3. The van der Waals surface area contributed by atoms with E-state index in [0.717, 1.165) is 17.2 Å². The Bertz CT molecular complexity index is 716. The molecule has 7 heteroatoms. The molecule has 1 aliphatic rings. The number of hydrogen-bond donors (Lipinski definition) is 1. The summed E-state index contributed by atoms with van der Waals surface area (Å²) in [7, 11) is 0. The molecule has 1 aromatic heterocycles. The van der Waals surface area contributed by atoms with E-state index in [9.17, 15) is 18.0 Å². The van der Waals surface area contributed by atoms with Crippen LogP contribution in [-0.2, 0) is 11.0 Å². The summed E-state index contributed by atoms with van der Waals surface area (Å²) in [5.74, 6) is 0.220. The summed E-state index contributed by atoms with van der Waals surface area (Å²) in [5.41, 5.74) is 0.930. The standard InChI is InChI=1S/C14H9F3N2OS/c15-14(16,17)10-3-9(5-18-6-10)8-1-2-11-12(4-8)21-7-13(20)19-11/h1-6H,7H2,(H,19,20). The lowest BCUT2D eigenvalue weighted by Crippen LogP contribution is -2.18. The molecule has 3 rings (SSSR count). The molecule has 1 amide bonds. The average molecular weight is 310 g/mol. The predicted molar refractivity (Wildman–Crippen MR) is 74.0 cm³/mol. The van der Waals surface area contributed by atoms with Crippen molar-refractivity contribution in [3.63, 3.8) is 0 Å². The Morgan fingerprint density at radius 3 is 2.71 bits per heavy atom. The molecule has 0 fully saturated rings. The van der Waals surface area contributed by atoms with Crippen LogP contribution in [0, 0.1) is 0 Å². The molecule has 0 spiro atoms. The molecule has 21 heavy (non-hydrogen) atoms. The number of benzene rings is 1. The van der Waals surface area contributed by atoms with Crippen molar-refractivity contribution in [2.45, 2.75) is 11.1 Å². The first-order chi connectivity index (χ1) is 9.93. The van der Waals surface area contributed by atoms with E-state index in [0.29, 0.717) is 22.6 Å². The van der Waals surface area contributed by atoms with Crippen LogP contribution in [0.25, 0.3) is 11.1 Å². The van der Waals surface area contributed by atoms with Gasteiger partial charge in [-0.15, -0.1) is 11.8 Å². The second-order valence-electron chi connectivity index (χ2n) is 4.51. The van der Waals surface area contributed by atoms with Crippen LogP contribution in [0.5, 0.6) is 0 Å². The number of rotatable bonds is 1. The van der Waals surface area contributed by atoms with Crippen LogP contribution < -0.4 is 5.32 Å². The Hall–Kier alpha value is -2.02. The summed E-state index contributed by atoms with van der Waals surface area (Å²) < 4.78 is 38.1. The molecule has 0 saturated carbocycles. The number of fused-ring (bicyclic) bond motifs is 1. The number of pyridine rings is 1. The summed E-state index contributed by atoms with van der Waals surface area (Å²) in [6, 6.07) is 6.19. The van der Waals surface area contributed by atoms with Gasteiger partial charge in [-0.3, -0.25) is 9.78 Å². The van der Waals surface area contributed by atoms with E-state index in [-0.39, 0.29) is 5.91 Å². The van der Waals surface area contributed by atoms with Crippen molar-refractivity contribution >= 4 is 23.4 Å². The number of amides is 1. The molecular formula is C14H9F3N2OS. The molecule has 0 atom stereocenters. The van der Waals surface area contributed by atoms with Gasteiger partial charge in [0.05, 0.1) is 17.0 Å². The van der Waals surface area contributed by atoms with Gasteiger partial charge < -0.3 is 5.32 Å². The van der Waals surface area contributed by atoms with Crippen molar-refractivity contribution in [2.24, 2.45) is 0 Å². The fourth-order valence-corrected chi connectivity index (χ4v) is 2.85. The van der Waals surface area contributed by atoms with E-state index >= 15 is 0 Å². The third-order valence-electron chi connectivity index (χ3n) is 3.01. The first-order valence-electron chi connectivity index (χ1n) is 6.03. The highest BCUT2D eigenvalue weighted by Crippen LogP contribution is 2.36. The maximum Gasteiger partial charge on any atom is 0.417 e. The minimum Gasteiger partial charge on any atom is -0.324 e. The number of nitrogens with zero attached hydrogens (tertiary/aromatic N) is 1. The van der Waals surface area contributed by atoms with Crippen LogP contribution in [0.3, 0.4) is 0 Å². The molecule has 0 bridgehead atoms. The summed E-state index contributed by atoms with van der Waals surface area (Å²) >= 11 is 1.36. The van der Waals surface area contributed by atoms with Crippen molar-refractivity contribution in [1.82, 2.24) is 4.98 Å². The van der Waals surface area contributed by atoms with Gasteiger partial charge in [0, 0.05) is 22.9 Å². The molecule has 108 valence electrons. The number of anilines is 1. The van der Waals surface area contributed by atoms with E-state index < -0.39 is 11.7 Å². The number of nitrogens with one attached hydrogen (secondary N) is 1. The maximum absolute atomic E-state index is 12.7. The number of thioether (sulfide) groups is 1. The molecular weight excluding hydrogens is 301 g/mol. The zero-order chi connectivity index (χ0) is 15.0. The highest BCUT2D eigenvalue weighted by molar-refractivity contribution is 8.00. The molecule has 0 aliphatic carbocycles. The lowest BCUT2D eigenvalue weighted by atomic mass is 10.1. The number of hydrogen-bond acceptors (Lipinski definition) is 3. The zero-order valence-corrected chi connectivity index (χ0v) is 11.4. The van der Waals surface area contributed by atoms with Crippen LogP contribution >= 0.6 is 11.8 Å². The van der Waals surface area contributed by atoms with Gasteiger partial charge in [-0.2, -0.15) is 13.2 Å². The van der Waals surface area contributed by atoms with E-state index in [1.54, 1.807) is 18.2 Å². The quantitative estimate of drug-likeness (QED) is 0.871. The monoisotopic (exact) mass is 310 g/mol. The number of aromatic nitrogens is 1. The Labute approximate surface area is 122 Å². The first-order valence-corrected chi connectivity index (χ1v) is 7.01. The highest BCUT2D eigenvalue weighted by atomic mass is 32.2. The predicted octanol–water partition coefficient (Wildman–Crippen LogP) is 3.81. The zero-order valence-electron chi connectivity index (χ0n) is 10.6. The van der Waals surface area contributed by atoms with E-state index in [1.165, 1.54) is 18.0 Å². The molecule has 0 radical (unpaired) electrons. The number of carbonyl (C=O) groups excluding carboxylic acids is 1. The van der Waals surface area contributed by atoms with Gasteiger partial charge in [-0.25, -0.2) is 0 Å². The van der Waals surface area contributed by atoms with Crippen LogP contribution in [-0.4, -0.2) is 16.6 Å². The number of carbonyl (C=O) groups is 1. The van der Waals surface area contributed by atoms with Gasteiger partial charge in [-0.05, 0) is 23.8 Å². The fourth-order valence-electron chi connectivity index (χ4n) is 2.01. The van der Waals surface area contributed by atoms with Crippen LogP contribution in [0.4, 0.5) is 18.9 Å². The smallest absolute Gasteiger partial charge is 0.324 e. The van der Waals surface area contributed by atoms with Crippen molar-refractivity contribution < 1.29 is 18.0 Å². The van der Waals surface area contributed by atoms with Crippen molar-refractivity contribution in [3.8, 4) is 11.1 Å². The lowest BCUT2D eigenvalue weighted by Gasteiger charge is -2.17. The third kappa shape index (κ3) is 2.87. The molecule has 2 aromatic rings. The maximum atomic E-state index is 12.7. The van der Waals surface area contributed by atoms with Crippen LogP contribution in [0.2, 0.25) is 0 Å². The molecule has 1 N–H and O–H groups in total. The van der Waals surface area contributed by atoms with Crippen molar-refractivity contribution in [3.05, 3.63) is 42.2 Å². The molecule has 1 aliphatic heterocycles. The number of alkyl halides is 3. The first kappa shape index (κ1) is 13.9. The molecule has 0 saturated heterocycles. The minimum atomic E-state index is -4.42. The minimum absolute atomic E-state index is 0.0824. The fraction of sp³-hybridized carbons (Fsp3) is 0.143. The van der Waals surface area contributed by atoms with Gasteiger partial charge in [0.2, 0.25) is 5.91 Å². The molecule has 1 aromatic carbocycles. The summed E-state index contributed by atoms with van der Waals surface area (Å²) in [4.78, 5) is 15.8. The third-order valence-corrected chi connectivity index (χ3v) is 4.07. The van der Waals surface area contributed by atoms with Gasteiger partial charge in [-0.1, -0.05) is 6.07 Å². The Kier molecular flexibility index (Phi) is 3.36. The largest absolute Gasteiger partial charge is 0.417 e. The van der Waals surface area contributed by atoms with Crippen molar-refractivity contribution in [1.29, 1.82) is 0 Å². The van der Waals surface area contributed by atoms with Gasteiger partial charge in [0.1, 0.15) is 0 Å². The average Bonchev–Trinajstić information content (AvgIpc) is 2.46. The Balaban J connectivity index is 2.00. The summed E-state index contributed by atoms with van der Waals surface area (Å²) in [6.45, 7) is 0. The van der Waals surface area contributed by atoms with Gasteiger partial charge in [0.15, 0.2) is 0 Å². The Morgan fingerprint density at radius 1 is 1.14 bits per heavy atom. The lowest BCUT2D eigenvalue weighted by molar-refractivity contribution is -0.137. The van der Waals surface area contributed by atoms with Crippen molar-refractivity contribution in [2.75, 3.05) is 11.1 Å².